The van der Waals surface area contributed by atoms with Gasteiger partial charge in [-0.05, 0) is 24.1 Å². The topological polar surface area (TPSA) is 88.2 Å². The highest BCUT2D eigenvalue weighted by molar-refractivity contribution is 5.86. The minimum atomic E-state index is -1.07. The molecule has 2 aromatic rings. The van der Waals surface area contributed by atoms with Gasteiger partial charge in [0.2, 0.25) is 0 Å². The van der Waals surface area contributed by atoms with Crippen LogP contribution in [0.3, 0.4) is 0 Å². The zero-order valence-electron chi connectivity index (χ0n) is 9.87. The molecular formula is C12H13N3O3. The molecule has 0 saturated heterocycles. The van der Waals surface area contributed by atoms with Crippen molar-refractivity contribution in [1.82, 2.24) is 15.0 Å². The van der Waals surface area contributed by atoms with E-state index in [0.29, 0.717) is 18.7 Å². The zero-order valence-corrected chi connectivity index (χ0v) is 9.87. The fourth-order valence-corrected chi connectivity index (χ4v) is 1.80. The highest BCUT2D eigenvalue weighted by atomic mass is 16.4. The van der Waals surface area contributed by atoms with Crippen molar-refractivity contribution in [2.45, 2.75) is 19.9 Å². The van der Waals surface area contributed by atoms with Crippen LogP contribution in [0.1, 0.15) is 28.7 Å². The fourth-order valence-electron chi connectivity index (χ4n) is 1.80. The summed E-state index contributed by atoms with van der Waals surface area (Å²) in [7, 11) is 0. The third-order valence-electron chi connectivity index (χ3n) is 2.62. The van der Waals surface area contributed by atoms with Crippen molar-refractivity contribution in [1.29, 1.82) is 0 Å². The molecule has 0 saturated carbocycles. The summed E-state index contributed by atoms with van der Waals surface area (Å²) in [6.07, 6.45) is 0.535. The number of aromatic carboxylic acids is 1. The molecule has 1 heterocycles. The van der Waals surface area contributed by atoms with Gasteiger partial charge in [0.15, 0.2) is 5.69 Å². The quantitative estimate of drug-likeness (QED) is 0.850. The first-order valence-corrected chi connectivity index (χ1v) is 5.55. The lowest BCUT2D eigenvalue weighted by Crippen LogP contribution is -2.08. The van der Waals surface area contributed by atoms with Gasteiger partial charge in [-0.15, -0.1) is 5.10 Å². The Hall–Kier alpha value is -2.37. The lowest BCUT2D eigenvalue weighted by molar-refractivity contribution is 0.0689. The summed E-state index contributed by atoms with van der Waals surface area (Å²) in [4.78, 5) is 10.9. The number of nitrogens with zero attached hydrogens (tertiary/aromatic N) is 3. The molecular weight excluding hydrogens is 234 g/mol. The largest absolute Gasteiger partial charge is 0.508 e. The molecule has 18 heavy (non-hydrogen) atoms. The maximum Gasteiger partial charge on any atom is 0.358 e. The van der Waals surface area contributed by atoms with Gasteiger partial charge >= 0.3 is 5.97 Å². The average molecular weight is 247 g/mol. The Morgan fingerprint density at radius 3 is 2.83 bits per heavy atom. The van der Waals surface area contributed by atoms with E-state index in [4.69, 9.17) is 5.11 Å². The van der Waals surface area contributed by atoms with Crippen LogP contribution in [-0.2, 0) is 13.0 Å². The van der Waals surface area contributed by atoms with Crippen LogP contribution in [-0.4, -0.2) is 31.2 Å². The van der Waals surface area contributed by atoms with Gasteiger partial charge in [-0.1, -0.05) is 24.3 Å². The van der Waals surface area contributed by atoms with E-state index in [1.807, 2.05) is 13.0 Å². The Kier molecular flexibility index (Phi) is 3.27. The maximum atomic E-state index is 10.9. The number of carboxylic acids is 1. The molecule has 0 spiro atoms. The predicted octanol–water partition coefficient (Wildman–Crippen LogP) is 1.29. The highest BCUT2D eigenvalue weighted by Gasteiger charge is 2.17. The third-order valence-corrected chi connectivity index (χ3v) is 2.62. The summed E-state index contributed by atoms with van der Waals surface area (Å²) in [6.45, 7) is 2.24. The van der Waals surface area contributed by atoms with Gasteiger partial charge in [0.1, 0.15) is 5.75 Å². The van der Waals surface area contributed by atoms with E-state index in [-0.39, 0.29) is 11.4 Å². The number of hydrogen-bond donors (Lipinski definition) is 2. The molecule has 1 aromatic heterocycles. The lowest BCUT2D eigenvalue weighted by atomic mass is 10.2. The first kappa shape index (κ1) is 12.1. The van der Waals surface area contributed by atoms with Crippen molar-refractivity contribution in [3.05, 3.63) is 41.2 Å². The van der Waals surface area contributed by atoms with Gasteiger partial charge in [-0.25, -0.2) is 9.48 Å². The summed E-state index contributed by atoms with van der Waals surface area (Å²) in [5.41, 5.74) is 1.40. The molecule has 6 nitrogen and oxygen atoms in total. The van der Waals surface area contributed by atoms with Crippen LogP contribution in [0.15, 0.2) is 24.3 Å². The molecule has 0 aliphatic carbocycles. The molecule has 0 amide bonds. The molecule has 0 atom stereocenters. The summed E-state index contributed by atoms with van der Waals surface area (Å²) in [5, 5.41) is 25.8. The van der Waals surface area contributed by atoms with E-state index in [0.717, 1.165) is 5.56 Å². The maximum absolute atomic E-state index is 10.9. The van der Waals surface area contributed by atoms with Gasteiger partial charge in [-0.3, -0.25) is 0 Å². The molecule has 0 fully saturated rings. The number of hydrogen-bond acceptors (Lipinski definition) is 4. The highest BCUT2D eigenvalue weighted by Crippen LogP contribution is 2.14. The summed E-state index contributed by atoms with van der Waals surface area (Å²) < 4.78 is 1.54. The van der Waals surface area contributed by atoms with Crippen LogP contribution in [0, 0.1) is 0 Å². The molecule has 0 bridgehead atoms. The van der Waals surface area contributed by atoms with E-state index in [1.165, 1.54) is 4.68 Å². The number of phenolic OH excluding ortho intramolecular Hbond substituents is 1. The van der Waals surface area contributed by atoms with E-state index >= 15 is 0 Å². The van der Waals surface area contributed by atoms with Crippen LogP contribution in [0.25, 0.3) is 0 Å². The van der Waals surface area contributed by atoms with E-state index in [9.17, 15) is 9.90 Å². The Morgan fingerprint density at radius 1 is 1.44 bits per heavy atom. The second-order valence-electron chi connectivity index (χ2n) is 3.87. The number of rotatable bonds is 4. The SMILES string of the molecule is CCc1c(C(=O)O)nnn1Cc1cccc(O)c1. The minimum Gasteiger partial charge on any atom is -0.508 e. The first-order valence-electron chi connectivity index (χ1n) is 5.55. The molecule has 94 valence electrons. The van der Waals surface area contributed by atoms with Gasteiger partial charge in [-0.2, -0.15) is 0 Å². The van der Waals surface area contributed by atoms with Gasteiger partial charge in [0, 0.05) is 0 Å². The second-order valence-corrected chi connectivity index (χ2v) is 3.87. The molecule has 2 rings (SSSR count). The normalized spacial score (nSPS) is 10.5. The van der Waals surface area contributed by atoms with Gasteiger partial charge in [0.05, 0.1) is 12.2 Å². The third kappa shape index (κ3) is 2.32. The predicted molar refractivity (Wildman–Crippen MR) is 63.6 cm³/mol. The first-order chi connectivity index (χ1) is 8.61. The molecule has 0 aliphatic heterocycles. The fraction of sp³-hybridized carbons (Fsp3) is 0.250. The number of aromatic hydroxyl groups is 1. The van der Waals surface area contributed by atoms with E-state index in [2.05, 4.69) is 10.3 Å². The molecule has 0 unspecified atom stereocenters. The lowest BCUT2D eigenvalue weighted by Gasteiger charge is -2.05. The minimum absolute atomic E-state index is 0.0161. The van der Waals surface area contributed by atoms with Gasteiger partial charge < -0.3 is 10.2 Å². The Bertz CT molecular complexity index is 578. The van der Waals surface area contributed by atoms with Crippen molar-refractivity contribution >= 4 is 5.97 Å². The van der Waals surface area contributed by atoms with Crippen LogP contribution < -0.4 is 0 Å². The number of aromatic nitrogens is 3. The smallest absolute Gasteiger partial charge is 0.358 e. The van der Waals surface area contributed by atoms with E-state index in [1.54, 1.807) is 18.2 Å². The molecule has 0 radical (unpaired) electrons. The Morgan fingerprint density at radius 2 is 2.22 bits per heavy atom. The molecule has 2 N–H and O–H groups in total. The van der Waals surface area contributed by atoms with E-state index < -0.39 is 5.97 Å². The molecule has 0 aliphatic rings. The van der Waals surface area contributed by atoms with Crippen LogP contribution in [0.5, 0.6) is 5.75 Å². The number of phenols is 1. The van der Waals surface area contributed by atoms with Crippen LogP contribution >= 0.6 is 0 Å². The standard InChI is InChI=1S/C12H13N3O3/c1-2-10-11(12(17)18)13-14-15(10)7-8-4-3-5-9(16)6-8/h3-6,16H,2,7H2,1H3,(H,17,18). The van der Waals surface area contributed by atoms with Crippen molar-refractivity contribution in [3.63, 3.8) is 0 Å². The molecule has 1 aromatic carbocycles. The van der Waals surface area contributed by atoms with Crippen molar-refractivity contribution in [2.75, 3.05) is 0 Å². The van der Waals surface area contributed by atoms with Crippen LogP contribution in [0.4, 0.5) is 0 Å². The average Bonchev–Trinajstić information content (AvgIpc) is 2.72. The second kappa shape index (κ2) is 4.87. The van der Waals surface area contributed by atoms with Crippen molar-refractivity contribution in [2.24, 2.45) is 0 Å². The number of carbonyl (C=O) groups is 1. The number of benzene rings is 1. The number of carboxylic acid groups (broad SMARTS) is 1. The Labute approximate surface area is 103 Å². The summed E-state index contributed by atoms with van der Waals surface area (Å²) >= 11 is 0. The van der Waals surface area contributed by atoms with Gasteiger partial charge in [0.25, 0.3) is 0 Å². The Balaban J connectivity index is 2.32. The van der Waals surface area contributed by atoms with Crippen LogP contribution in [0.2, 0.25) is 0 Å². The summed E-state index contributed by atoms with van der Waals surface area (Å²) in [6, 6.07) is 6.75. The van der Waals surface area contributed by atoms with Crippen molar-refractivity contribution in [3.8, 4) is 5.75 Å². The monoisotopic (exact) mass is 247 g/mol. The van der Waals surface area contributed by atoms with Crippen molar-refractivity contribution < 1.29 is 15.0 Å². The summed E-state index contributed by atoms with van der Waals surface area (Å²) in [5.74, 6) is -0.905. The molecule has 6 heteroatoms. The zero-order chi connectivity index (χ0) is 13.1.